The molecule has 18 heavy (non-hydrogen) atoms. The minimum absolute atomic E-state index is 0.170. The lowest BCUT2D eigenvalue weighted by molar-refractivity contribution is 0.282. The van der Waals surface area contributed by atoms with Gasteiger partial charge in [0.2, 0.25) is 10.0 Å². The summed E-state index contributed by atoms with van der Waals surface area (Å²) in [7, 11) is -3.03. The van der Waals surface area contributed by atoms with Gasteiger partial charge in [0, 0.05) is 19.3 Å². The molecule has 1 saturated heterocycles. The minimum atomic E-state index is -3.03. The number of aromatic nitrogens is 1. The van der Waals surface area contributed by atoms with Gasteiger partial charge in [-0.05, 0) is 24.6 Å². The van der Waals surface area contributed by atoms with Crippen molar-refractivity contribution in [3.8, 4) is 0 Å². The van der Waals surface area contributed by atoms with E-state index in [-0.39, 0.29) is 6.04 Å². The van der Waals surface area contributed by atoms with E-state index in [2.05, 4.69) is 10.3 Å². The zero-order chi connectivity index (χ0) is 13.8. The predicted molar refractivity (Wildman–Crippen MR) is 74.1 cm³/mol. The van der Waals surface area contributed by atoms with Gasteiger partial charge in [-0.25, -0.2) is 13.4 Å². The molecule has 1 aliphatic rings. The van der Waals surface area contributed by atoms with Gasteiger partial charge in [-0.3, -0.25) is 0 Å². The van der Waals surface area contributed by atoms with Gasteiger partial charge < -0.3 is 5.32 Å². The quantitative estimate of drug-likeness (QED) is 0.904. The molecule has 2 rings (SSSR count). The Hall–Kier alpha value is -1.14. The van der Waals surface area contributed by atoms with Gasteiger partial charge in [-0.15, -0.1) is 0 Å². The number of aryl methyl sites for hydroxylation is 1. The average molecular weight is 271 g/mol. The molecule has 1 aromatic heterocycles. The van der Waals surface area contributed by atoms with E-state index >= 15 is 0 Å². The second kappa shape index (κ2) is 6.15. The third-order valence-electron chi connectivity index (χ3n) is 2.58. The van der Waals surface area contributed by atoms with Crippen molar-refractivity contribution in [3.63, 3.8) is 0 Å². The van der Waals surface area contributed by atoms with E-state index in [0.717, 1.165) is 11.4 Å². The molecular formula is C12H21N3O2S. The number of hydrogen-bond donors (Lipinski definition) is 1. The maximum absolute atomic E-state index is 11.1. The van der Waals surface area contributed by atoms with Crippen LogP contribution in [-0.2, 0) is 10.0 Å². The molecule has 0 saturated carbocycles. The normalized spacial score (nSPS) is 16.4. The number of hydrogen-bond acceptors (Lipinski definition) is 4. The average Bonchev–Trinajstić information content (AvgIpc) is 2.24. The molecule has 102 valence electrons. The van der Waals surface area contributed by atoms with E-state index < -0.39 is 10.0 Å². The van der Waals surface area contributed by atoms with Crippen molar-refractivity contribution < 1.29 is 8.42 Å². The Balaban J connectivity index is 0.000000771. The van der Waals surface area contributed by atoms with E-state index in [1.807, 2.05) is 32.9 Å². The lowest BCUT2D eigenvalue weighted by Crippen LogP contribution is -2.56. The van der Waals surface area contributed by atoms with Crippen LogP contribution in [0.4, 0.5) is 5.82 Å². The highest BCUT2D eigenvalue weighted by Gasteiger charge is 2.33. The number of sulfonamides is 1. The lowest BCUT2D eigenvalue weighted by atomic mass is 10.2. The van der Waals surface area contributed by atoms with Crippen LogP contribution in [0.2, 0.25) is 0 Å². The van der Waals surface area contributed by atoms with Gasteiger partial charge in [0.1, 0.15) is 5.82 Å². The van der Waals surface area contributed by atoms with Crippen molar-refractivity contribution in [2.45, 2.75) is 26.8 Å². The Bertz CT molecular complexity index is 482. The number of nitrogens with zero attached hydrogens (tertiary/aromatic N) is 2. The topological polar surface area (TPSA) is 62.3 Å². The number of rotatable bonds is 3. The molecule has 1 N–H and O–H groups in total. The first-order valence-electron chi connectivity index (χ1n) is 6.09. The Labute approximate surface area is 109 Å². The number of pyridine rings is 1. The molecule has 0 aliphatic carbocycles. The molecule has 1 fully saturated rings. The van der Waals surface area contributed by atoms with Crippen molar-refractivity contribution >= 4 is 15.8 Å². The molecule has 0 radical (unpaired) electrons. The Morgan fingerprint density at radius 1 is 1.39 bits per heavy atom. The molecule has 1 aliphatic heterocycles. The van der Waals surface area contributed by atoms with E-state index in [9.17, 15) is 8.42 Å². The van der Waals surface area contributed by atoms with Gasteiger partial charge in [-0.2, -0.15) is 4.31 Å². The predicted octanol–water partition coefficient (Wildman–Crippen LogP) is 1.47. The number of anilines is 1. The Morgan fingerprint density at radius 3 is 2.50 bits per heavy atom. The highest BCUT2D eigenvalue weighted by molar-refractivity contribution is 7.88. The lowest BCUT2D eigenvalue weighted by Gasteiger charge is -2.37. The first-order chi connectivity index (χ1) is 8.45. The third kappa shape index (κ3) is 3.96. The number of nitrogens with one attached hydrogen (secondary N) is 1. The van der Waals surface area contributed by atoms with Crippen molar-refractivity contribution in [3.05, 3.63) is 23.9 Å². The monoisotopic (exact) mass is 271 g/mol. The van der Waals surface area contributed by atoms with Gasteiger partial charge in [0.15, 0.2) is 0 Å². The summed E-state index contributed by atoms with van der Waals surface area (Å²) in [5.74, 6) is 0.804. The van der Waals surface area contributed by atoms with Crippen LogP contribution in [0, 0.1) is 6.92 Å². The molecule has 2 heterocycles. The van der Waals surface area contributed by atoms with Crippen molar-refractivity contribution in [2.24, 2.45) is 0 Å². The summed E-state index contributed by atoms with van der Waals surface area (Å²) in [6.07, 6.45) is 2.97. The maximum Gasteiger partial charge on any atom is 0.211 e. The highest BCUT2D eigenvalue weighted by Crippen LogP contribution is 2.16. The molecule has 0 unspecified atom stereocenters. The van der Waals surface area contributed by atoms with Crippen LogP contribution in [0.5, 0.6) is 0 Å². The van der Waals surface area contributed by atoms with Gasteiger partial charge in [-0.1, -0.05) is 13.8 Å². The molecule has 0 amide bonds. The van der Waals surface area contributed by atoms with Crippen molar-refractivity contribution in [2.75, 3.05) is 24.7 Å². The van der Waals surface area contributed by atoms with Crippen LogP contribution in [0.1, 0.15) is 19.4 Å². The zero-order valence-corrected chi connectivity index (χ0v) is 12.2. The fourth-order valence-electron chi connectivity index (χ4n) is 1.62. The fourth-order valence-corrected chi connectivity index (χ4v) is 2.53. The minimum Gasteiger partial charge on any atom is -0.365 e. The molecule has 0 atom stereocenters. The summed E-state index contributed by atoms with van der Waals surface area (Å²) < 4.78 is 23.7. The summed E-state index contributed by atoms with van der Waals surface area (Å²) in [6, 6.07) is 4.04. The Morgan fingerprint density at radius 2 is 2.00 bits per heavy atom. The van der Waals surface area contributed by atoms with Gasteiger partial charge in [0.25, 0.3) is 0 Å². The third-order valence-corrected chi connectivity index (χ3v) is 3.82. The molecule has 0 spiro atoms. The van der Waals surface area contributed by atoms with Crippen LogP contribution < -0.4 is 5.32 Å². The smallest absolute Gasteiger partial charge is 0.211 e. The van der Waals surface area contributed by atoms with E-state index in [1.54, 1.807) is 6.20 Å². The molecule has 1 aromatic rings. The van der Waals surface area contributed by atoms with Gasteiger partial charge in [0.05, 0.1) is 12.3 Å². The summed E-state index contributed by atoms with van der Waals surface area (Å²) in [4.78, 5) is 4.17. The fraction of sp³-hybridized carbons (Fsp3) is 0.583. The van der Waals surface area contributed by atoms with Crippen LogP contribution in [0.3, 0.4) is 0 Å². The summed E-state index contributed by atoms with van der Waals surface area (Å²) in [5, 5.41) is 3.20. The van der Waals surface area contributed by atoms with Crippen LogP contribution in [-0.4, -0.2) is 43.1 Å². The summed E-state index contributed by atoms with van der Waals surface area (Å²) in [5.41, 5.74) is 1.14. The highest BCUT2D eigenvalue weighted by atomic mass is 32.2. The molecule has 0 aromatic carbocycles. The van der Waals surface area contributed by atoms with Gasteiger partial charge >= 0.3 is 0 Å². The van der Waals surface area contributed by atoms with E-state index in [4.69, 9.17) is 0 Å². The van der Waals surface area contributed by atoms with Crippen LogP contribution in [0.25, 0.3) is 0 Å². The zero-order valence-electron chi connectivity index (χ0n) is 11.3. The van der Waals surface area contributed by atoms with Crippen molar-refractivity contribution in [1.29, 1.82) is 0 Å². The van der Waals surface area contributed by atoms with Crippen molar-refractivity contribution in [1.82, 2.24) is 9.29 Å². The molecule has 5 nitrogen and oxygen atoms in total. The summed E-state index contributed by atoms with van der Waals surface area (Å²) >= 11 is 0. The SMILES string of the molecule is CC.Cc1ccnc(NC2CN(S(C)(=O)=O)C2)c1. The Kier molecular flexibility index (Phi) is 5.10. The largest absolute Gasteiger partial charge is 0.365 e. The van der Waals surface area contributed by atoms with E-state index in [0.29, 0.717) is 13.1 Å². The first-order valence-corrected chi connectivity index (χ1v) is 7.94. The maximum atomic E-state index is 11.1. The molecule has 0 bridgehead atoms. The second-order valence-electron chi connectivity index (χ2n) is 4.14. The standard InChI is InChI=1S/C10H15N3O2S.C2H6/c1-8-3-4-11-10(5-8)12-9-6-13(7-9)16(2,14)15;1-2/h3-5,9H,6-7H2,1-2H3,(H,11,12);1-2H3. The molecular weight excluding hydrogens is 250 g/mol. The van der Waals surface area contributed by atoms with Crippen LogP contribution in [0.15, 0.2) is 18.3 Å². The van der Waals surface area contributed by atoms with E-state index in [1.165, 1.54) is 10.6 Å². The first kappa shape index (κ1) is 14.9. The van der Waals surface area contributed by atoms with Crippen LogP contribution >= 0.6 is 0 Å². The summed E-state index contributed by atoms with van der Waals surface area (Å²) in [6.45, 7) is 7.04. The molecule has 6 heteroatoms. The second-order valence-corrected chi connectivity index (χ2v) is 6.12.